The molecule has 1 aromatic carbocycles. The van der Waals surface area contributed by atoms with Crippen molar-refractivity contribution in [3.05, 3.63) is 23.8 Å². The average Bonchev–Trinajstić information content (AvgIpc) is 2.38. The summed E-state index contributed by atoms with van der Waals surface area (Å²) in [5.74, 6) is -0.573. The van der Waals surface area contributed by atoms with Crippen LogP contribution in [0.2, 0.25) is 0 Å². The molecule has 114 valence electrons. The van der Waals surface area contributed by atoms with Crippen LogP contribution >= 0.6 is 0 Å². The first kappa shape index (κ1) is 16.7. The van der Waals surface area contributed by atoms with E-state index in [1.165, 1.54) is 11.8 Å². The molecule has 2 N–H and O–H groups in total. The lowest BCUT2D eigenvalue weighted by Crippen LogP contribution is -2.23. The highest BCUT2D eigenvalue weighted by Crippen LogP contribution is 2.23. The van der Waals surface area contributed by atoms with Crippen molar-refractivity contribution in [2.24, 2.45) is 0 Å². The predicted octanol–water partition coefficient (Wildman–Crippen LogP) is 1.76. The van der Waals surface area contributed by atoms with Crippen molar-refractivity contribution >= 4 is 29.1 Å². The van der Waals surface area contributed by atoms with Gasteiger partial charge in [-0.1, -0.05) is 6.07 Å². The zero-order valence-corrected chi connectivity index (χ0v) is 12.8. The fourth-order valence-corrected chi connectivity index (χ4v) is 1.72. The number of nitrogens with zero attached hydrogens (tertiary/aromatic N) is 1. The van der Waals surface area contributed by atoms with Gasteiger partial charge >= 0.3 is 0 Å². The quantitative estimate of drug-likeness (QED) is 0.867. The summed E-state index contributed by atoms with van der Waals surface area (Å²) >= 11 is 0. The Morgan fingerprint density at radius 1 is 1.05 bits per heavy atom. The fourth-order valence-electron chi connectivity index (χ4n) is 1.72. The van der Waals surface area contributed by atoms with Crippen LogP contribution in [0, 0.1) is 6.92 Å². The van der Waals surface area contributed by atoms with Crippen LogP contribution in [0.15, 0.2) is 18.2 Å². The molecule has 0 heterocycles. The predicted molar refractivity (Wildman–Crippen MR) is 82.0 cm³/mol. The number of anilines is 2. The minimum absolute atomic E-state index is 0.100. The molecule has 6 nitrogen and oxygen atoms in total. The van der Waals surface area contributed by atoms with Crippen molar-refractivity contribution in [3.63, 3.8) is 0 Å². The lowest BCUT2D eigenvalue weighted by Gasteiger charge is -2.13. The van der Waals surface area contributed by atoms with E-state index in [0.717, 1.165) is 5.56 Å². The van der Waals surface area contributed by atoms with E-state index in [2.05, 4.69) is 10.6 Å². The Hall–Kier alpha value is -2.37. The normalized spacial score (nSPS) is 9.90. The van der Waals surface area contributed by atoms with E-state index in [1.54, 1.807) is 26.2 Å². The van der Waals surface area contributed by atoms with Gasteiger partial charge in [0, 0.05) is 33.9 Å². The lowest BCUT2D eigenvalue weighted by molar-refractivity contribution is -0.130. The Morgan fingerprint density at radius 3 is 2.29 bits per heavy atom. The number of amides is 3. The molecule has 1 rings (SSSR count). The summed E-state index contributed by atoms with van der Waals surface area (Å²) in [4.78, 5) is 35.9. The molecule has 0 bridgehead atoms. The number of rotatable bonds is 5. The largest absolute Gasteiger partial charge is 0.349 e. The summed E-state index contributed by atoms with van der Waals surface area (Å²) in [6, 6.07) is 5.35. The molecule has 3 amide bonds. The summed E-state index contributed by atoms with van der Waals surface area (Å²) in [6.45, 7) is 3.30. The molecule has 0 aliphatic rings. The summed E-state index contributed by atoms with van der Waals surface area (Å²) < 4.78 is 0. The third kappa shape index (κ3) is 5.64. The minimum atomic E-state index is -0.262. The van der Waals surface area contributed by atoms with Gasteiger partial charge in [-0.05, 0) is 24.6 Å². The number of benzene rings is 1. The van der Waals surface area contributed by atoms with Crippen molar-refractivity contribution in [1.82, 2.24) is 4.90 Å². The maximum atomic E-state index is 11.9. The third-order valence-electron chi connectivity index (χ3n) is 2.82. The van der Waals surface area contributed by atoms with Crippen molar-refractivity contribution in [3.8, 4) is 0 Å². The average molecular weight is 291 g/mol. The Kier molecular flexibility index (Phi) is 5.90. The van der Waals surface area contributed by atoms with E-state index in [4.69, 9.17) is 0 Å². The number of aryl methyl sites for hydroxylation is 1. The first-order chi connectivity index (χ1) is 9.79. The van der Waals surface area contributed by atoms with Crippen molar-refractivity contribution in [2.75, 3.05) is 24.7 Å². The van der Waals surface area contributed by atoms with E-state index in [0.29, 0.717) is 11.4 Å². The highest BCUT2D eigenvalue weighted by atomic mass is 16.2. The van der Waals surface area contributed by atoms with Gasteiger partial charge in [0.25, 0.3) is 0 Å². The highest BCUT2D eigenvalue weighted by molar-refractivity contribution is 5.99. The maximum Gasteiger partial charge on any atom is 0.224 e. The maximum absolute atomic E-state index is 11.9. The lowest BCUT2D eigenvalue weighted by atomic mass is 10.1. The standard InChI is InChI=1S/C15H21N3O3/c1-10-5-6-12(16-11(2)19)13(9-10)17-14(20)7-8-15(21)18(3)4/h5-6,9H,7-8H2,1-4H3,(H,16,19)(H,17,20). The van der Waals surface area contributed by atoms with Gasteiger partial charge in [-0.3, -0.25) is 14.4 Å². The fraction of sp³-hybridized carbons (Fsp3) is 0.400. The van der Waals surface area contributed by atoms with Crippen LogP contribution in [0.3, 0.4) is 0 Å². The smallest absolute Gasteiger partial charge is 0.224 e. The SMILES string of the molecule is CC(=O)Nc1ccc(C)cc1NC(=O)CCC(=O)N(C)C. The second kappa shape index (κ2) is 7.42. The molecule has 0 saturated heterocycles. The summed E-state index contributed by atoms with van der Waals surface area (Å²) in [5.41, 5.74) is 2.04. The molecule has 1 aromatic rings. The van der Waals surface area contributed by atoms with Crippen LogP contribution in [0.1, 0.15) is 25.3 Å². The second-order valence-electron chi connectivity index (χ2n) is 5.07. The topological polar surface area (TPSA) is 78.5 Å². The first-order valence-electron chi connectivity index (χ1n) is 6.68. The van der Waals surface area contributed by atoms with E-state index < -0.39 is 0 Å². The number of carbonyl (C=O) groups excluding carboxylic acids is 3. The molecule has 0 aromatic heterocycles. The summed E-state index contributed by atoms with van der Waals surface area (Å²) in [7, 11) is 3.30. The highest BCUT2D eigenvalue weighted by Gasteiger charge is 2.11. The molecule has 0 unspecified atom stereocenters. The molecule has 0 saturated carbocycles. The van der Waals surface area contributed by atoms with Crippen LogP contribution in [0.5, 0.6) is 0 Å². The van der Waals surface area contributed by atoms with Gasteiger partial charge in [0.15, 0.2) is 0 Å². The zero-order valence-electron chi connectivity index (χ0n) is 12.8. The Morgan fingerprint density at radius 2 is 1.71 bits per heavy atom. The minimum Gasteiger partial charge on any atom is -0.349 e. The van der Waals surface area contributed by atoms with Gasteiger partial charge in [-0.15, -0.1) is 0 Å². The molecular formula is C15H21N3O3. The van der Waals surface area contributed by atoms with Crippen LogP contribution in [-0.2, 0) is 14.4 Å². The molecule has 0 aliphatic heterocycles. The van der Waals surface area contributed by atoms with E-state index in [9.17, 15) is 14.4 Å². The van der Waals surface area contributed by atoms with Gasteiger partial charge in [-0.25, -0.2) is 0 Å². The van der Waals surface area contributed by atoms with E-state index >= 15 is 0 Å². The van der Waals surface area contributed by atoms with Gasteiger partial charge in [0.1, 0.15) is 0 Å². The zero-order chi connectivity index (χ0) is 16.0. The van der Waals surface area contributed by atoms with Gasteiger partial charge in [-0.2, -0.15) is 0 Å². The summed E-state index contributed by atoms with van der Waals surface area (Å²) in [5, 5.41) is 5.39. The number of nitrogens with one attached hydrogen (secondary N) is 2. The van der Waals surface area contributed by atoms with E-state index in [1.807, 2.05) is 13.0 Å². The van der Waals surface area contributed by atoms with Crippen LogP contribution < -0.4 is 10.6 Å². The Bertz CT molecular complexity index is 553. The monoisotopic (exact) mass is 291 g/mol. The Labute approximate surface area is 124 Å². The Balaban J connectivity index is 2.72. The first-order valence-corrected chi connectivity index (χ1v) is 6.68. The molecule has 0 spiro atoms. The van der Waals surface area contributed by atoms with Crippen molar-refractivity contribution in [2.45, 2.75) is 26.7 Å². The van der Waals surface area contributed by atoms with Crippen molar-refractivity contribution in [1.29, 1.82) is 0 Å². The molecule has 0 fully saturated rings. The molecule has 21 heavy (non-hydrogen) atoms. The number of carbonyl (C=O) groups is 3. The van der Waals surface area contributed by atoms with Crippen LogP contribution in [0.25, 0.3) is 0 Å². The second-order valence-corrected chi connectivity index (χ2v) is 5.07. The van der Waals surface area contributed by atoms with Gasteiger partial charge in [0.2, 0.25) is 17.7 Å². The number of hydrogen-bond donors (Lipinski definition) is 2. The third-order valence-corrected chi connectivity index (χ3v) is 2.82. The van der Waals surface area contributed by atoms with Gasteiger partial charge < -0.3 is 15.5 Å². The number of hydrogen-bond acceptors (Lipinski definition) is 3. The molecular weight excluding hydrogens is 270 g/mol. The van der Waals surface area contributed by atoms with Gasteiger partial charge in [0.05, 0.1) is 11.4 Å². The molecule has 0 atom stereocenters. The molecule has 6 heteroatoms. The van der Waals surface area contributed by atoms with Crippen LogP contribution in [0.4, 0.5) is 11.4 Å². The molecule has 0 radical (unpaired) electrons. The summed E-state index contributed by atoms with van der Waals surface area (Å²) in [6.07, 6.45) is 0.255. The molecule has 0 aliphatic carbocycles. The van der Waals surface area contributed by atoms with Crippen molar-refractivity contribution < 1.29 is 14.4 Å². The van der Waals surface area contributed by atoms with Crippen LogP contribution in [-0.4, -0.2) is 36.7 Å². The van der Waals surface area contributed by atoms with E-state index in [-0.39, 0.29) is 30.6 Å².